The van der Waals surface area contributed by atoms with Gasteiger partial charge in [-0.2, -0.15) is 0 Å². The van der Waals surface area contributed by atoms with E-state index in [-0.39, 0.29) is 24.9 Å². The molecule has 0 aromatic carbocycles. The maximum absolute atomic E-state index is 11.0. The normalized spacial score (nSPS) is 22.2. The van der Waals surface area contributed by atoms with E-state index in [2.05, 4.69) is 10.3 Å². The van der Waals surface area contributed by atoms with Crippen LogP contribution in [0.3, 0.4) is 0 Å². The van der Waals surface area contributed by atoms with Gasteiger partial charge >= 0.3 is 5.97 Å². The number of nitro groups is 1. The number of pyridine rings is 1. The van der Waals surface area contributed by atoms with Crippen LogP contribution < -0.4 is 5.32 Å². The van der Waals surface area contributed by atoms with Crippen LogP contribution in [0.15, 0.2) is 12.3 Å². The SMILES string of the molecule is Cc1cc(NC2COCC2C(=O)O)ncc1[N+](=O)[O-]. The summed E-state index contributed by atoms with van der Waals surface area (Å²) in [7, 11) is 0. The summed E-state index contributed by atoms with van der Waals surface area (Å²) in [5.74, 6) is -1.17. The third-order valence-corrected chi connectivity index (χ3v) is 3.01. The van der Waals surface area contributed by atoms with Crippen molar-refractivity contribution in [2.45, 2.75) is 13.0 Å². The van der Waals surface area contributed by atoms with Gasteiger partial charge in [0.15, 0.2) is 0 Å². The molecular formula is C11H13N3O5. The van der Waals surface area contributed by atoms with Crippen molar-refractivity contribution in [2.75, 3.05) is 18.5 Å². The lowest BCUT2D eigenvalue weighted by Crippen LogP contribution is -2.33. The van der Waals surface area contributed by atoms with E-state index >= 15 is 0 Å². The average Bonchev–Trinajstić information content (AvgIpc) is 2.76. The minimum atomic E-state index is -0.936. The number of aliphatic carboxylic acids is 1. The summed E-state index contributed by atoms with van der Waals surface area (Å²) >= 11 is 0. The lowest BCUT2D eigenvalue weighted by atomic mass is 10.0. The van der Waals surface area contributed by atoms with Gasteiger partial charge in [-0.25, -0.2) is 4.98 Å². The van der Waals surface area contributed by atoms with Gasteiger partial charge in [0.25, 0.3) is 5.69 Å². The molecule has 1 saturated heterocycles. The summed E-state index contributed by atoms with van der Waals surface area (Å²) in [6.07, 6.45) is 1.16. The predicted octanol–water partition coefficient (Wildman–Crippen LogP) is 0.810. The maximum Gasteiger partial charge on any atom is 0.311 e. The molecule has 0 radical (unpaired) electrons. The molecule has 1 aliphatic heterocycles. The fourth-order valence-electron chi connectivity index (χ4n) is 1.95. The number of nitrogens with zero attached hydrogens (tertiary/aromatic N) is 2. The third-order valence-electron chi connectivity index (χ3n) is 3.01. The number of carbonyl (C=O) groups is 1. The lowest BCUT2D eigenvalue weighted by molar-refractivity contribution is -0.385. The molecule has 0 saturated carbocycles. The summed E-state index contributed by atoms with van der Waals surface area (Å²) < 4.78 is 5.12. The van der Waals surface area contributed by atoms with Crippen molar-refractivity contribution in [2.24, 2.45) is 5.92 Å². The van der Waals surface area contributed by atoms with Crippen LogP contribution in [0, 0.1) is 23.0 Å². The Balaban J connectivity index is 2.13. The van der Waals surface area contributed by atoms with Crippen molar-refractivity contribution in [1.82, 2.24) is 4.98 Å². The molecule has 2 heterocycles. The quantitative estimate of drug-likeness (QED) is 0.612. The van der Waals surface area contributed by atoms with E-state index in [1.807, 2.05) is 0 Å². The summed E-state index contributed by atoms with van der Waals surface area (Å²) in [6, 6.07) is 1.14. The topological polar surface area (TPSA) is 115 Å². The van der Waals surface area contributed by atoms with E-state index in [9.17, 15) is 14.9 Å². The molecule has 0 amide bonds. The second-order valence-electron chi connectivity index (χ2n) is 4.35. The molecule has 1 aliphatic rings. The Labute approximate surface area is 108 Å². The highest BCUT2D eigenvalue weighted by molar-refractivity contribution is 5.72. The smallest absolute Gasteiger partial charge is 0.311 e. The van der Waals surface area contributed by atoms with Crippen LogP contribution in [0.25, 0.3) is 0 Å². The van der Waals surface area contributed by atoms with Crippen LogP contribution in [-0.2, 0) is 9.53 Å². The highest BCUT2D eigenvalue weighted by Gasteiger charge is 2.34. The molecular weight excluding hydrogens is 254 g/mol. The number of hydrogen-bond acceptors (Lipinski definition) is 6. The minimum absolute atomic E-state index is 0.0667. The van der Waals surface area contributed by atoms with Gasteiger partial charge in [-0.05, 0) is 13.0 Å². The molecule has 2 unspecified atom stereocenters. The number of aryl methyl sites for hydroxylation is 1. The number of ether oxygens (including phenoxy) is 1. The van der Waals surface area contributed by atoms with E-state index in [4.69, 9.17) is 9.84 Å². The lowest BCUT2D eigenvalue weighted by Gasteiger charge is -2.16. The average molecular weight is 267 g/mol. The van der Waals surface area contributed by atoms with Crippen molar-refractivity contribution in [3.63, 3.8) is 0 Å². The van der Waals surface area contributed by atoms with Gasteiger partial charge in [0, 0.05) is 5.56 Å². The van der Waals surface area contributed by atoms with Crippen molar-refractivity contribution < 1.29 is 19.6 Å². The fourth-order valence-corrected chi connectivity index (χ4v) is 1.95. The van der Waals surface area contributed by atoms with E-state index in [1.165, 1.54) is 6.07 Å². The second kappa shape index (κ2) is 5.19. The molecule has 1 aromatic heterocycles. The third kappa shape index (κ3) is 2.79. The largest absolute Gasteiger partial charge is 0.481 e. The van der Waals surface area contributed by atoms with Crippen LogP contribution in [0.2, 0.25) is 0 Å². The molecule has 0 bridgehead atoms. The van der Waals surface area contributed by atoms with Gasteiger partial charge in [-0.3, -0.25) is 14.9 Å². The molecule has 2 N–H and O–H groups in total. The molecule has 1 aromatic rings. The molecule has 8 nitrogen and oxygen atoms in total. The molecule has 2 rings (SSSR count). The van der Waals surface area contributed by atoms with Crippen molar-refractivity contribution >= 4 is 17.5 Å². The van der Waals surface area contributed by atoms with Crippen molar-refractivity contribution in [1.29, 1.82) is 0 Å². The summed E-state index contributed by atoms with van der Waals surface area (Å²) in [6.45, 7) is 2.03. The van der Waals surface area contributed by atoms with Gasteiger partial charge in [-0.1, -0.05) is 0 Å². The zero-order valence-corrected chi connectivity index (χ0v) is 10.2. The zero-order valence-electron chi connectivity index (χ0n) is 10.2. The first-order valence-electron chi connectivity index (χ1n) is 5.67. The Hall–Kier alpha value is -2.22. The van der Waals surface area contributed by atoms with Crippen molar-refractivity contribution in [3.05, 3.63) is 27.9 Å². The monoisotopic (exact) mass is 267 g/mol. The Morgan fingerprint density at radius 1 is 1.63 bits per heavy atom. The number of carboxylic acids is 1. The van der Waals surface area contributed by atoms with Gasteiger partial charge in [0.2, 0.25) is 0 Å². The van der Waals surface area contributed by atoms with Crippen LogP contribution in [0.4, 0.5) is 11.5 Å². The van der Waals surface area contributed by atoms with Crippen LogP contribution >= 0.6 is 0 Å². The standard InChI is InChI=1S/C11H13N3O5/c1-6-2-10(12-3-9(6)14(17)18)13-8-5-19-4-7(8)11(15)16/h2-3,7-8H,4-5H2,1H3,(H,12,13)(H,15,16). The van der Waals surface area contributed by atoms with E-state index < -0.39 is 16.8 Å². The number of nitrogens with one attached hydrogen (secondary N) is 1. The Kier molecular flexibility index (Phi) is 3.61. The highest BCUT2D eigenvalue weighted by Crippen LogP contribution is 2.22. The predicted molar refractivity (Wildman–Crippen MR) is 65.0 cm³/mol. The molecule has 8 heteroatoms. The first kappa shape index (κ1) is 13.2. The highest BCUT2D eigenvalue weighted by atomic mass is 16.6. The first-order chi connectivity index (χ1) is 8.99. The Morgan fingerprint density at radius 2 is 2.37 bits per heavy atom. The van der Waals surface area contributed by atoms with Gasteiger partial charge < -0.3 is 15.2 Å². The van der Waals surface area contributed by atoms with Crippen LogP contribution in [-0.4, -0.2) is 40.2 Å². The van der Waals surface area contributed by atoms with E-state index in [0.29, 0.717) is 11.4 Å². The van der Waals surface area contributed by atoms with Crippen molar-refractivity contribution in [3.8, 4) is 0 Å². The number of hydrogen-bond donors (Lipinski definition) is 2. The van der Waals surface area contributed by atoms with E-state index in [0.717, 1.165) is 6.20 Å². The fraction of sp³-hybridized carbons (Fsp3) is 0.455. The first-order valence-corrected chi connectivity index (χ1v) is 5.67. The molecule has 0 spiro atoms. The number of carboxylic acid groups (broad SMARTS) is 1. The minimum Gasteiger partial charge on any atom is -0.481 e. The Morgan fingerprint density at radius 3 is 2.95 bits per heavy atom. The number of anilines is 1. The molecule has 19 heavy (non-hydrogen) atoms. The maximum atomic E-state index is 11.0. The van der Waals surface area contributed by atoms with Gasteiger partial charge in [-0.15, -0.1) is 0 Å². The number of aromatic nitrogens is 1. The Bertz CT molecular complexity index is 519. The second-order valence-corrected chi connectivity index (χ2v) is 4.35. The van der Waals surface area contributed by atoms with Crippen LogP contribution in [0.5, 0.6) is 0 Å². The summed E-state index contributed by atoms with van der Waals surface area (Å²) in [5.41, 5.74) is 0.399. The van der Waals surface area contributed by atoms with Crippen LogP contribution in [0.1, 0.15) is 5.56 Å². The van der Waals surface area contributed by atoms with E-state index in [1.54, 1.807) is 6.92 Å². The molecule has 102 valence electrons. The molecule has 2 atom stereocenters. The molecule has 0 aliphatic carbocycles. The zero-order chi connectivity index (χ0) is 14.0. The number of rotatable bonds is 4. The van der Waals surface area contributed by atoms with Gasteiger partial charge in [0.1, 0.15) is 17.9 Å². The summed E-state index contributed by atoms with van der Waals surface area (Å²) in [4.78, 5) is 25.1. The van der Waals surface area contributed by atoms with Gasteiger partial charge in [0.05, 0.1) is 24.2 Å². The summed E-state index contributed by atoms with van der Waals surface area (Å²) in [5, 5.41) is 22.6. The molecule has 1 fully saturated rings.